The maximum absolute atomic E-state index is 12.7. The van der Waals surface area contributed by atoms with E-state index in [1.54, 1.807) is 25.1 Å². The lowest BCUT2D eigenvalue weighted by atomic mass is 10.2. The first-order chi connectivity index (χ1) is 11.5. The third-order valence-corrected chi connectivity index (χ3v) is 3.00. The van der Waals surface area contributed by atoms with Gasteiger partial charge in [0, 0.05) is 18.7 Å². The molecule has 0 amide bonds. The Hall–Kier alpha value is -1.32. The summed E-state index contributed by atoms with van der Waals surface area (Å²) in [6.45, 7) is 7.08. The molecule has 0 aliphatic carbocycles. The molecule has 25 heavy (non-hydrogen) atoms. The van der Waals surface area contributed by atoms with Crippen LogP contribution in [0.4, 0.5) is 8.78 Å². The van der Waals surface area contributed by atoms with Gasteiger partial charge in [0.15, 0.2) is 17.5 Å². The molecule has 0 aromatic heterocycles. The highest BCUT2D eigenvalue weighted by molar-refractivity contribution is 14.0. The normalized spacial score (nSPS) is 11.3. The largest absolute Gasteiger partial charge is 0.490 e. The SMILES string of the molecule is CCNC(=NCc1cccc(OCC)c1OC(F)F)NCC(C)C.I. The van der Waals surface area contributed by atoms with Gasteiger partial charge in [-0.2, -0.15) is 8.78 Å². The van der Waals surface area contributed by atoms with E-state index in [4.69, 9.17) is 4.74 Å². The van der Waals surface area contributed by atoms with E-state index in [1.165, 1.54) is 0 Å². The van der Waals surface area contributed by atoms with E-state index >= 15 is 0 Å². The molecule has 0 atom stereocenters. The molecule has 0 spiro atoms. The van der Waals surface area contributed by atoms with Crippen molar-refractivity contribution >= 4 is 29.9 Å². The lowest BCUT2D eigenvalue weighted by Crippen LogP contribution is -2.39. The summed E-state index contributed by atoms with van der Waals surface area (Å²) in [5.41, 5.74) is 0.544. The van der Waals surface area contributed by atoms with E-state index < -0.39 is 6.61 Å². The zero-order valence-electron chi connectivity index (χ0n) is 15.1. The summed E-state index contributed by atoms with van der Waals surface area (Å²) < 4.78 is 35.4. The first kappa shape index (κ1) is 23.7. The highest BCUT2D eigenvalue weighted by atomic mass is 127. The molecule has 0 aliphatic rings. The number of hydrogen-bond donors (Lipinski definition) is 2. The molecular weight excluding hydrogens is 443 g/mol. The van der Waals surface area contributed by atoms with Crippen LogP contribution in [0, 0.1) is 5.92 Å². The Morgan fingerprint density at radius 2 is 1.92 bits per heavy atom. The Kier molecular flexibility index (Phi) is 12.3. The molecule has 5 nitrogen and oxygen atoms in total. The molecule has 144 valence electrons. The summed E-state index contributed by atoms with van der Waals surface area (Å²) in [6.07, 6.45) is 0. The van der Waals surface area contributed by atoms with Crippen molar-refractivity contribution in [3.63, 3.8) is 0 Å². The number of rotatable bonds is 9. The highest BCUT2D eigenvalue weighted by Crippen LogP contribution is 2.33. The Labute approximate surface area is 165 Å². The standard InChI is InChI=1S/C17H27F2N3O2.HI/c1-5-20-17(21-10-12(3)4)22-11-13-8-7-9-14(23-6-2)15(13)24-16(18)19;/h7-9,12,16H,5-6,10-11H2,1-4H3,(H2,20,21,22);1H. The van der Waals surface area contributed by atoms with E-state index in [0.717, 1.165) is 6.54 Å². The predicted molar refractivity (Wildman–Crippen MR) is 107 cm³/mol. The third-order valence-electron chi connectivity index (χ3n) is 3.00. The van der Waals surface area contributed by atoms with Crippen molar-refractivity contribution < 1.29 is 18.3 Å². The Morgan fingerprint density at radius 1 is 1.20 bits per heavy atom. The number of benzene rings is 1. The molecule has 1 aromatic rings. The minimum absolute atomic E-state index is 0. The first-order valence-electron chi connectivity index (χ1n) is 8.19. The lowest BCUT2D eigenvalue weighted by molar-refractivity contribution is -0.0520. The van der Waals surface area contributed by atoms with Crippen LogP contribution in [0.15, 0.2) is 23.2 Å². The summed E-state index contributed by atoms with van der Waals surface area (Å²) in [4.78, 5) is 4.44. The zero-order chi connectivity index (χ0) is 17.9. The zero-order valence-corrected chi connectivity index (χ0v) is 17.5. The van der Waals surface area contributed by atoms with Gasteiger partial charge in [0.2, 0.25) is 0 Å². The van der Waals surface area contributed by atoms with E-state index in [9.17, 15) is 8.78 Å². The van der Waals surface area contributed by atoms with Gasteiger partial charge in [-0.05, 0) is 25.8 Å². The first-order valence-corrected chi connectivity index (χ1v) is 8.19. The van der Waals surface area contributed by atoms with Gasteiger partial charge in [-0.1, -0.05) is 26.0 Å². The van der Waals surface area contributed by atoms with Crippen molar-refractivity contribution in [2.45, 2.75) is 40.9 Å². The van der Waals surface area contributed by atoms with Gasteiger partial charge < -0.3 is 20.1 Å². The Bertz CT molecular complexity index is 529. The lowest BCUT2D eigenvalue weighted by Gasteiger charge is -2.16. The van der Waals surface area contributed by atoms with Crippen molar-refractivity contribution in [2.24, 2.45) is 10.9 Å². The third kappa shape index (κ3) is 9.08. The van der Waals surface area contributed by atoms with Crippen molar-refractivity contribution in [1.29, 1.82) is 0 Å². The molecule has 2 N–H and O–H groups in total. The summed E-state index contributed by atoms with van der Waals surface area (Å²) in [5.74, 6) is 1.44. The molecule has 0 radical (unpaired) electrons. The van der Waals surface area contributed by atoms with E-state index in [1.807, 2.05) is 6.92 Å². The molecule has 0 aliphatic heterocycles. The minimum atomic E-state index is -2.92. The summed E-state index contributed by atoms with van der Waals surface area (Å²) in [7, 11) is 0. The van der Waals surface area contributed by atoms with Crippen LogP contribution < -0.4 is 20.1 Å². The average Bonchev–Trinajstić information content (AvgIpc) is 2.52. The van der Waals surface area contributed by atoms with Gasteiger partial charge in [-0.3, -0.25) is 0 Å². The second-order valence-corrected chi connectivity index (χ2v) is 5.53. The fourth-order valence-corrected chi connectivity index (χ4v) is 1.98. The molecule has 0 saturated carbocycles. The maximum Gasteiger partial charge on any atom is 0.387 e. The number of hydrogen-bond acceptors (Lipinski definition) is 3. The number of ether oxygens (including phenoxy) is 2. The molecule has 0 saturated heterocycles. The van der Waals surface area contributed by atoms with Crippen LogP contribution in [0.3, 0.4) is 0 Å². The van der Waals surface area contributed by atoms with Crippen LogP contribution in [-0.4, -0.2) is 32.3 Å². The van der Waals surface area contributed by atoms with Crippen molar-refractivity contribution in [1.82, 2.24) is 10.6 Å². The fraction of sp³-hybridized carbons (Fsp3) is 0.588. The van der Waals surface area contributed by atoms with Crippen LogP contribution in [0.1, 0.15) is 33.3 Å². The molecule has 0 fully saturated rings. The van der Waals surface area contributed by atoms with Gasteiger partial charge in [-0.25, -0.2) is 4.99 Å². The van der Waals surface area contributed by atoms with E-state index in [2.05, 4.69) is 34.2 Å². The summed E-state index contributed by atoms with van der Waals surface area (Å²) >= 11 is 0. The molecule has 0 unspecified atom stereocenters. The molecule has 0 bridgehead atoms. The second kappa shape index (κ2) is 13.0. The van der Waals surface area contributed by atoms with Gasteiger partial charge in [-0.15, -0.1) is 24.0 Å². The molecular formula is C17H28F2IN3O2. The highest BCUT2D eigenvalue weighted by Gasteiger charge is 2.15. The monoisotopic (exact) mass is 471 g/mol. The van der Waals surface area contributed by atoms with Crippen molar-refractivity contribution in [3.05, 3.63) is 23.8 Å². The predicted octanol–water partition coefficient (Wildman–Crippen LogP) is 4.02. The van der Waals surface area contributed by atoms with Crippen LogP contribution in [0.25, 0.3) is 0 Å². The number of alkyl halides is 2. The topological polar surface area (TPSA) is 54.9 Å². The van der Waals surface area contributed by atoms with Gasteiger partial charge in [0.1, 0.15) is 0 Å². The number of guanidine groups is 1. The summed E-state index contributed by atoms with van der Waals surface area (Å²) in [6, 6.07) is 5.05. The van der Waals surface area contributed by atoms with Crippen LogP contribution >= 0.6 is 24.0 Å². The Morgan fingerprint density at radius 3 is 2.48 bits per heavy atom. The Balaban J connectivity index is 0.00000576. The van der Waals surface area contributed by atoms with Gasteiger partial charge >= 0.3 is 6.61 Å². The average molecular weight is 471 g/mol. The number of para-hydroxylation sites is 1. The quantitative estimate of drug-likeness (QED) is 0.325. The van der Waals surface area contributed by atoms with E-state index in [0.29, 0.717) is 36.3 Å². The second-order valence-electron chi connectivity index (χ2n) is 5.53. The van der Waals surface area contributed by atoms with Crippen molar-refractivity contribution in [3.8, 4) is 11.5 Å². The van der Waals surface area contributed by atoms with Gasteiger partial charge in [0.25, 0.3) is 0 Å². The number of nitrogens with one attached hydrogen (secondary N) is 2. The molecule has 1 rings (SSSR count). The fourth-order valence-electron chi connectivity index (χ4n) is 1.98. The number of aliphatic imine (C=N–C) groups is 1. The number of halogens is 3. The van der Waals surface area contributed by atoms with Crippen LogP contribution in [-0.2, 0) is 6.54 Å². The number of nitrogens with zero attached hydrogens (tertiary/aromatic N) is 1. The maximum atomic E-state index is 12.7. The minimum Gasteiger partial charge on any atom is -0.490 e. The van der Waals surface area contributed by atoms with E-state index in [-0.39, 0.29) is 36.3 Å². The molecule has 0 heterocycles. The summed E-state index contributed by atoms with van der Waals surface area (Å²) in [5, 5.41) is 6.34. The smallest absolute Gasteiger partial charge is 0.387 e. The molecule has 8 heteroatoms. The van der Waals surface area contributed by atoms with Crippen LogP contribution in [0.2, 0.25) is 0 Å². The van der Waals surface area contributed by atoms with Crippen molar-refractivity contribution in [2.75, 3.05) is 19.7 Å². The van der Waals surface area contributed by atoms with Gasteiger partial charge in [0.05, 0.1) is 13.2 Å². The molecule has 1 aromatic carbocycles. The van der Waals surface area contributed by atoms with Crippen LogP contribution in [0.5, 0.6) is 11.5 Å².